The fourth-order valence-electron chi connectivity index (χ4n) is 3.74. The lowest BCUT2D eigenvalue weighted by molar-refractivity contribution is 0.138. The number of likely N-dealkylation sites (tertiary alicyclic amines) is 1. The van der Waals surface area contributed by atoms with Crippen LogP contribution >= 0.6 is 0 Å². The van der Waals surface area contributed by atoms with Gasteiger partial charge in [0.05, 0.1) is 6.61 Å². The van der Waals surface area contributed by atoms with Gasteiger partial charge in [-0.3, -0.25) is 0 Å². The Labute approximate surface area is 127 Å². The summed E-state index contributed by atoms with van der Waals surface area (Å²) in [5.41, 5.74) is 0. The van der Waals surface area contributed by atoms with Crippen LogP contribution in [0.2, 0.25) is 0 Å². The number of fused-ring (bicyclic) bond motifs is 1. The van der Waals surface area contributed by atoms with Gasteiger partial charge in [0.1, 0.15) is 5.82 Å². The highest BCUT2D eigenvalue weighted by molar-refractivity contribution is 5.04. The maximum atomic E-state index is 9.48. The summed E-state index contributed by atoms with van der Waals surface area (Å²) < 4.78 is 2.03. The van der Waals surface area contributed by atoms with Crippen molar-refractivity contribution >= 4 is 0 Å². The van der Waals surface area contributed by atoms with Gasteiger partial charge >= 0.3 is 0 Å². The third kappa shape index (κ3) is 3.29. The summed E-state index contributed by atoms with van der Waals surface area (Å²) in [6.45, 7) is 8.12. The van der Waals surface area contributed by atoms with Crippen LogP contribution in [0.3, 0.4) is 0 Å². The van der Waals surface area contributed by atoms with Crippen LogP contribution in [0, 0.1) is 5.92 Å². The van der Waals surface area contributed by atoms with E-state index in [0.717, 1.165) is 37.5 Å². The predicted octanol–water partition coefficient (Wildman–Crippen LogP) is 1.81. The standard InChI is InChI=1S/C16H28N4O/c1-12(2)19-7-3-5-13(10-19)9-15-17-16-14(11-21)6-4-8-20(16)18-15/h12-14,21H,3-11H2,1-2H3. The van der Waals surface area contributed by atoms with E-state index in [1.54, 1.807) is 0 Å². The average Bonchev–Trinajstić information content (AvgIpc) is 2.89. The molecule has 1 fully saturated rings. The summed E-state index contributed by atoms with van der Waals surface area (Å²) >= 11 is 0. The van der Waals surface area contributed by atoms with Crippen LogP contribution in [-0.4, -0.2) is 50.5 Å². The zero-order chi connectivity index (χ0) is 14.8. The molecule has 3 heterocycles. The van der Waals surface area contributed by atoms with Crippen LogP contribution in [0.5, 0.6) is 0 Å². The molecule has 2 unspecified atom stereocenters. The number of nitrogens with zero attached hydrogens (tertiary/aromatic N) is 4. The molecule has 1 saturated heterocycles. The molecule has 1 aromatic heterocycles. The summed E-state index contributed by atoms with van der Waals surface area (Å²) in [4.78, 5) is 7.31. The third-order valence-electron chi connectivity index (χ3n) is 5.00. The average molecular weight is 292 g/mol. The van der Waals surface area contributed by atoms with Crippen molar-refractivity contribution in [1.29, 1.82) is 0 Å². The van der Waals surface area contributed by atoms with Crippen LogP contribution in [0.4, 0.5) is 0 Å². The topological polar surface area (TPSA) is 54.2 Å². The summed E-state index contributed by atoms with van der Waals surface area (Å²) in [6, 6.07) is 0.634. The monoisotopic (exact) mass is 292 g/mol. The highest BCUT2D eigenvalue weighted by Gasteiger charge is 2.26. The minimum Gasteiger partial charge on any atom is -0.396 e. The first-order valence-electron chi connectivity index (χ1n) is 8.46. The van der Waals surface area contributed by atoms with Crippen molar-refractivity contribution in [2.45, 2.75) is 64.5 Å². The maximum Gasteiger partial charge on any atom is 0.151 e. The summed E-state index contributed by atoms with van der Waals surface area (Å²) in [7, 11) is 0. The molecule has 3 rings (SSSR count). The van der Waals surface area contributed by atoms with Crippen molar-refractivity contribution in [2.24, 2.45) is 5.92 Å². The smallest absolute Gasteiger partial charge is 0.151 e. The highest BCUT2D eigenvalue weighted by atomic mass is 16.3. The summed E-state index contributed by atoms with van der Waals surface area (Å²) in [6.07, 6.45) is 5.71. The molecule has 2 aliphatic rings. The van der Waals surface area contributed by atoms with E-state index in [1.807, 2.05) is 4.68 Å². The minimum absolute atomic E-state index is 0.193. The molecule has 5 heteroatoms. The van der Waals surface area contributed by atoms with E-state index in [2.05, 4.69) is 23.8 Å². The van der Waals surface area contributed by atoms with E-state index >= 15 is 0 Å². The highest BCUT2D eigenvalue weighted by Crippen LogP contribution is 2.26. The second-order valence-corrected chi connectivity index (χ2v) is 6.93. The van der Waals surface area contributed by atoms with Crippen molar-refractivity contribution in [1.82, 2.24) is 19.7 Å². The van der Waals surface area contributed by atoms with Gasteiger partial charge in [-0.2, -0.15) is 5.10 Å². The fourth-order valence-corrected chi connectivity index (χ4v) is 3.74. The lowest BCUT2D eigenvalue weighted by Crippen LogP contribution is -2.40. The van der Waals surface area contributed by atoms with Gasteiger partial charge in [0.25, 0.3) is 0 Å². The van der Waals surface area contributed by atoms with Crippen LogP contribution in [0.15, 0.2) is 0 Å². The van der Waals surface area contributed by atoms with E-state index in [-0.39, 0.29) is 12.5 Å². The number of aryl methyl sites for hydroxylation is 1. The van der Waals surface area contributed by atoms with Crippen molar-refractivity contribution < 1.29 is 5.11 Å². The Kier molecular flexibility index (Phi) is 4.60. The van der Waals surface area contributed by atoms with Crippen LogP contribution in [0.25, 0.3) is 0 Å². The first-order valence-corrected chi connectivity index (χ1v) is 8.46. The Balaban J connectivity index is 1.67. The second-order valence-electron chi connectivity index (χ2n) is 6.93. The molecule has 0 aromatic carbocycles. The van der Waals surface area contributed by atoms with Gasteiger partial charge in [-0.15, -0.1) is 0 Å². The Morgan fingerprint density at radius 3 is 2.81 bits per heavy atom. The van der Waals surface area contributed by atoms with Gasteiger partial charge in [-0.05, 0) is 52.0 Å². The molecular weight excluding hydrogens is 264 g/mol. The van der Waals surface area contributed by atoms with E-state index in [4.69, 9.17) is 4.98 Å². The number of hydrogen-bond acceptors (Lipinski definition) is 4. The van der Waals surface area contributed by atoms with Crippen LogP contribution in [0.1, 0.15) is 57.1 Å². The quantitative estimate of drug-likeness (QED) is 0.919. The molecule has 5 nitrogen and oxygen atoms in total. The van der Waals surface area contributed by atoms with Crippen molar-refractivity contribution in [2.75, 3.05) is 19.7 Å². The number of aliphatic hydroxyl groups is 1. The van der Waals surface area contributed by atoms with Crippen molar-refractivity contribution in [3.63, 3.8) is 0 Å². The third-order valence-corrected chi connectivity index (χ3v) is 5.00. The number of aromatic nitrogens is 3. The number of aliphatic hydroxyl groups excluding tert-OH is 1. The predicted molar refractivity (Wildman–Crippen MR) is 82.2 cm³/mol. The molecule has 0 saturated carbocycles. The molecule has 1 aromatic rings. The first kappa shape index (κ1) is 15.0. The maximum absolute atomic E-state index is 9.48. The van der Waals surface area contributed by atoms with Crippen molar-refractivity contribution in [3.05, 3.63) is 11.6 Å². The second kappa shape index (κ2) is 6.44. The number of piperidine rings is 1. The molecule has 0 amide bonds. The van der Waals surface area contributed by atoms with Crippen LogP contribution in [-0.2, 0) is 13.0 Å². The molecular formula is C16H28N4O. The van der Waals surface area contributed by atoms with Crippen molar-refractivity contribution in [3.8, 4) is 0 Å². The Hall–Kier alpha value is -0.940. The molecule has 0 bridgehead atoms. The lowest BCUT2D eigenvalue weighted by Gasteiger charge is -2.35. The number of rotatable bonds is 4. The Bertz CT molecular complexity index is 471. The molecule has 21 heavy (non-hydrogen) atoms. The largest absolute Gasteiger partial charge is 0.396 e. The molecule has 0 aliphatic carbocycles. The van der Waals surface area contributed by atoms with Gasteiger partial charge in [0, 0.05) is 31.5 Å². The normalized spacial score (nSPS) is 27.0. The van der Waals surface area contributed by atoms with E-state index in [9.17, 15) is 5.11 Å². The van der Waals surface area contributed by atoms with Gasteiger partial charge in [-0.1, -0.05) is 0 Å². The molecule has 2 atom stereocenters. The van der Waals surface area contributed by atoms with Gasteiger partial charge in [0.2, 0.25) is 0 Å². The van der Waals surface area contributed by atoms with Gasteiger partial charge in [-0.25, -0.2) is 9.67 Å². The van der Waals surface area contributed by atoms with E-state index in [0.29, 0.717) is 12.0 Å². The molecule has 118 valence electrons. The van der Waals surface area contributed by atoms with Gasteiger partial charge < -0.3 is 10.0 Å². The molecule has 0 radical (unpaired) electrons. The zero-order valence-corrected chi connectivity index (χ0v) is 13.3. The van der Waals surface area contributed by atoms with Gasteiger partial charge in [0.15, 0.2) is 5.82 Å². The minimum atomic E-state index is 0.193. The zero-order valence-electron chi connectivity index (χ0n) is 13.3. The lowest BCUT2D eigenvalue weighted by atomic mass is 9.93. The molecule has 0 spiro atoms. The van der Waals surface area contributed by atoms with E-state index in [1.165, 1.54) is 25.9 Å². The number of hydrogen-bond donors (Lipinski definition) is 1. The summed E-state index contributed by atoms with van der Waals surface area (Å²) in [5, 5.41) is 14.2. The molecule has 2 aliphatic heterocycles. The summed E-state index contributed by atoms with van der Waals surface area (Å²) in [5.74, 6) is 2.87. The Morgan fingerprint density at radius 1 is 1.24 bits per heavy atom. The van der Waals surface area contributed by atoms with Crippen LogP contribution < -0.4 is 0 Å². The SMILES string of the molecule is CC(C)N1CCCC(Cc2nc3n(n2)CCCC3CO)C1. The fraction of sp³-hybridized carbons (Fsp3) is 0.875. The first-order chi connectivity index (χ1) is 10.2. The molecule has 1 N–H and O–H groups in total. The Morgan fingerprint density at radius 2 is 2.05 bits per heavy atom. The van der Waals surface area contributed by atoms with E-state index < -0.39 is 0 Å².